The van der Waals surface area contributed by atoms with Gasteiger partial charge in [-0.05, 0) is 5.82 Å². The minimum absolute atomic E-state index is 0.255. The van der Waals surface area contributed by atoms with Crippen molar-refractivity contribution in [3.8, 4) is 0 Å². The summed E-state index contributed by atoms with van der Waals surface area (Å²) in [4.78, 5) is 0. The molecule has 0 fully saturated rings. The van der Waals surface area contributed by atoms with Crippen LogP contribution in [0, 0.1) is 11.1 Å². The van der Waals surface area contributed by atoms with Crippen LogP contribution in [-0.2, 0) is 0 Å². The fourth-order valence-electron chi connectivity index (χ4n) is 0.369. The van der Waals surface area contributed by atoms with Gasteiger partial charge in [0.1, 0.15) is 7.85 Å². The number of rotatable bonds is 4. The molecular weight excluding hydrogens is 103 g/mol. The molecule has 0 saturated carbocycles. The number of nitrogens with zero attached hydrogens (tertiary/aromatic N) is 2. The Morgan fingerprint density at radius 3 is 1.88 bits per heavy atom. The summed E-state index contributed by atoms with van der Waals surface area (Å²) >= 11 is 0. The predicted octanol–water partition coefficient (Wildman–Crippen LogP) is 0.470. The molecule has 0 aromatic heterocycles. The van der Waals surface area contributed by atoms with Gasteiger partial charge in [-0.2, -0.15) is 10.2 Å². The highest BCUT2D eigenvalue weighted by Gasteiger charge is 1.96. The SMILES string of the molecule is BC(CN=N)CN=N. The molecule has 44 valence electrons. The second kappa shape index (κ2) is 4.42. The zero-order valence-corrected chi connectivity index (χ0v) is 4.89. The van der Waals surface area contributed by atoms with E-state index in [4.69, 9.17) is 11.1 Å². The summed E-state index contributed by atoms with van der Waals surface area (Å²) < 4.78 is 0. The molecule has 0 unspecified atom stereocenters. The fraction of sp³-hybridized carbons (Fsp3) is 1.00. The van der Waals surface area contributed by atoms with Crippen LogP contribution in [0.5, 0.6) is 0 Å². The first-order chi connectivity index (χ1) is 3.81. The summed E-state index contributed by atoms with van der Waals surface area (Å²) in [5.41, 5.74) is 12.9. The molecule has 8 heavy (non-hydrogen) atoms. The first kappa shape index (κ1) is 7.26. The lowest BCUT2D eigenvalue weighted by Crippen LogP contribution is -1.99. The van der Waals surface area contributed by atoms with E-state index in [2.05, 4.69) is 10.2 Å². The van der Waals surface area contributed by atoms with Crippen molar-refractivity contribution in [3.05, 3.63) is 0 Å². The lowest BCUT2D eigenvalue weighted by atomic mass is 9.88. The van der Waals surface area contributed by atoms with Gasteiger partial charge in [-0.3, -0.25) is 0 Å². The molecule has 5 heteroatoms. The molecule has 0 aliphatic carbocycles. The van der Waals surface area contributed by atoms with E-state index in [-0.39, 0.29) is 5.82 Å². The van der Waals surface area contributed by atoms with Crippen molar-refractivity contribution in [1.82, 2.24) is 0 Å². The highest BCUT2D eigenvalue weighted by molar-refractivity contribution is 6.12. The molecule has 4 nitrogen and oxygen atoms in total. The number of hydrogen-bond donors (Lipinski definition) is 2. The average molecular weight is 112 g/mol. The van der Waals surface area contributed by atoms with Crippen LogP contribution in [-0.4, -0.2) is 20.9 Å². The Bertz CT molecular complexity index is 73.4. The van der Waals surface area contributed by atoms with Crippen molar-refractivity contribution in [2.24, 2.45) is 10.2 Å². The molecule has 0 radical (unpaired) electrons. The number of hydrogen-bond acceptors (Lipinski definition) is 4. The zero-order valence-electron chi connectivity index (χ0n) is 4.89. The van der Waals surface area contributed by atoms with Gasteiger partial charge in [0, 0.05) is 0 Å². The highest BCUT2D eigenvalue weighted by atomic mass is 15.0. The third-order valence-corrected chi connectivity index (χ3v) is 0.806. The second-order valence-electron chi connectivity index (χ2n) is 1.79. The van der Waals surface area contributed by atoms with E-state index >= 15 is 0 Å². The summed E-state index contributed by atoms with van der Waals surface area (Å²) in [7, 11) is 1.91. The van der Waals surface area contributed by atoms with Gasteiger partial charge in [0.05, 0.1) is 13.1 Å². The fourth-order valence-corrected chi connectivity index (χ4v) is 0.369. The molecular formula is C3H9BN4. The topological polar surface area (TPSA) is 72.4 Å². The maximum Gasteiger partial charge on any atom is 0.110 e. The molecule has 0 spiro atoms. The van der Waals surface area contributed by atoms with Gasteiger partial charge >= 0.3 is 0 Å². The minimum atomic E-state index is 0.255. The van der Waals surface area contributed by atoms with Crippen LogP contribution in [0.4, 0.5) is 0 Å². The van der Waals surface area contributed by atoms with Gasteiger partial charge in [0.25, 0.3) is 0 Å². The standard InChI is InChI=1S/C3H9BN4/c4-3(1-7-5)2-8-6/h3,5-6H,1-2,4H2. The van der Waals surface area contributed by atoms with E-state index in [1.54, 1.807) is 0 Å². The normalized spacial score (nSPS) is 12.5. The van der Waals surface area contributed by atoms with Crippen LogP contribution in [0.2, 0.25) is 5.82 Å². The van der Waals surface area contributed by atoms with Crippen molar-refractivity contribution in [1.29, 1.82) is 11.1 Å². The molecule has 0 rings (SSSR count). The smallest absolute Gasteiger partial charge is 0.110 e. The zero-order chi connectivity index (χ0) is 6.41. The maximum absolute atomic E-state index is 6.43. The summed E-state index contributed by atoms with van der Waals surface area (Å²) in [6.07, 6.45) is 0. The molecule has 0 aromatic carbocycles. The van der Waals surface area contributed by atoms with Crippen LogP contribution < -0.4 is 0 Å². The summed E-state index contributed by atoms with van der Waals surface area (Å²) in [6.45, 7) is 0.977. The molecule has 0 aromatic rings. The van der Waals surface area contributed by atoms with Crippen molar-refractivity contribution in [2.45, 2.75) is 5.82 Å². The predicted molar refractivity (Wildman–Crippen MR) is 32.3 cm³/mol. The summed E-state index contributed by atoms with van der Waals surface area (Å²) in [5.74, 6) is 0.255. The van der Waals surface area contributed by atoms with Crippen LogP contribution in [0.3, 0.4) is 0 Å². The minimum Gasteiger partial charge on any atom is -0.210 e. The van der Waals surface area contributed by atoms with Gasteiger partial charge in [0.2, 0.25) is 0 Å². The van der Waals surface area contributed by atoms with Crippen LogP contribution >= 0.6 is 0 Å². The molecule has 0 aliphatic heterocycles. The third-order valence-electron chi connectivity index (χ3n) is 0.806. The van der Waals surface area contributed by atoms with Crippen LogP contribution in [0.25, 0.3) is 0 Å². The molecule has 0 bridgehead atoms. The molecule has 0 heterocycles. The largest absolute Gasteiger partial charge is 0.210 e. The van der Waals surface area contributed by atoms with E-state index in [1.165, 1.54) is 0 Å². The van der Waals surface area contributed by atoms with Crippen molar-refractivity contribution < 1.29 is 0 Å². The van der Waals surface area contributed by atoms with Crippen molar-refractivity contribution in [3.63, 3.8) is 0 Å². The quantitative estimate of drug-likeness (QED) is 0.392. The van der Waals surface area contributed by atoms with Gasteiger partial charge in [-0.25, -0.2) is 11.1 Å². The molecule has 0 amide bonds. The molecule has 2 N–H and O–H groups in total. The van der Waals surface area contributed by atoms with Crippen molar-refractivity contribution in [2.75, 3.05) is 13.1 Å². The summed E-state index contributed by atoms with van der Waals surface area (Å²) in [6, 6.07) is 0. The highest BCUT2D eigenvalue weighted by Crippen LogP contribution is 1.97. The van der Waals surface area contributed by atoms with E-state index in [9.17, 15) is 0 Å². The first-order valence-electron chi connectivity index (χ1n) is 2.47. The second-order valence-corrected chi connectivity index (χ2v) is 1.79. The van der Waals surface area contributed by atoms with E-state index in [0.29, 0.717) is 13.1 Å². The molecule has 0 atom stereocenters. The van der Waals surface area contributed by atoms with Crippen LogP contribution in [0.1, 0.15) is 0 Å². The first-order valence-corrected chi connectivity index (χ1v) is 2.47. The Labute approximate surface area is 49.1 Å². The monoisotopic (exact) mass is 112 g/mol. The Hall–Kier alpha value is -0.735. The number of nitrogens with one attached hydrogen (secondary N) is 2. The average Bonchev–Trinajstić information content (AvgIpc) is 1.68. The molecule has 0 aliphatic rings. The van der Waals surface area contributed by atoms with Crippen molar-refractivity contribution >= 4 is 7.85 Å². The Morgan fingerprint density at radius 1 is 1.25 bits per heavy atom. The Morgan fingerprint density at radius 2 is 1.62 bits per heavy atom. The summed E-state index contributed by atoms with van der Waals surface area (Å²) in [5, 5.41) is 6.32. The third kappa shape index (κ3) is 3.45. The van der Waals surface area contributed by atoms with Gasteiger partial charge in [-0.1, -0.05) is 0 Å². The van der Waals surface area contributed by atoms with E-state index < -0.39 is 0 Å². The van der Waals surface area contributed by atoms with E-state index in [0.717, 1.165) is 0 Å². The molecule has 0 saturated heterocycles. The maximum atomic E-state index is 6.43. The van der Waals surface area contributed by atoms with Crippen LogP contribution in [0.15, 0.2) is 10.2 Å². The lowest BCUT2D eigenvalue weighted by Gasteiger charge is -1.97. The van der Waals surface area contributed by atoms with Gasteiger partial charge in [-0.15, -0.1) is 0 Å². The Balaban J connectivity index is 3.16. The Kier molecular flexibility index (Phi) is 4.02. The van der Waals surface area contributed by atoms with Gasteiger partial charge < -0.3 is 0 Å². The lowest BCUT2D eigenvalue weighted by molar-refractivity contribution is 0.754. The van der Waals surface area contributed by atoms with E-state index in [1.807, 2.05) is 7.85 Å². The van der Waals surface area contributed by atoms with Gasteiger partial charge in [0.15, 0.2) is 0 Å².